The van der Waals surface area contributed by atoms with E-state index >= 15 is 4.39 Å². The molecule has 0 bridgehead atoms. The Labute approximate surface area is 203 Å². The van der Waals surface area contributed by atoms with Gasteiger partial charge in [-0.25, -0.2) is 14.6 Å². The molecule has 2 aromatic rings. The van der Waals surface area contributed by atoms with E-state index in [1.807, 2.05) is 17.0 Å². The number of pyridine rings is 1. The Kier molecular flexibility index (Phi) is 7.91. The van der Waals surface area contributed by atoms with Crippen LogP contribution in [0.3, 0.4) is 0 Å². The van der Waals surface area contributed by atoms with E-state index in [9.17, 15) is 14.4 Å². The van der Waals surface area contributed by atoms with Gasteiger partial charge in [-0.3, -0.25) is 19.7 Å². The summed E-state index contributed by atoms with van der Waals surface area (Å²) in [5, 5.41) is 1.60. The minimum absolute atomic E-state index is 0.0154. The second-order valence-corrected chi connectivity index (χ2v) is 8.79. The van der Waals surface area contributed by atoms with Crippen LogP contribution in [0.5, 0.6) is 0 Å². The molecule has 9 nitrogen and oxygen atoms in total. The Morgan fingerprint density at radius 2 is 2.06 bits per heavy atom. The second kappa shape index (κ2) is 11.3. The van der Waals surface area contributed by atoms with Crippen LogP contribution in [0.15, 0.2) is 42.7 Å². The number of hydrazine groups is 1. The number of nitrogens with zero attached hydrogens (tertiary/aromatic N) is 4. The molecule has 2 fully saturated rings. The van der Waals surface area contributed by atoms with Gasteiger partial charge in [-0.05, 0) is 49.6 Å². The van der Waals surface area contributed by atoms with Crippen LogP contribution in [0.4, 0.5) is 20.6 Å². The summed E-state index contributed by atoms with van der Waals surface area (Å²) in [7, 11) is 0. The molecule has 3 heterocycles. The maximum Gasteiger partial charge on any atom is 0.414 e. The third kappa shape index (κ3) is 6.33. The normalized spacial score (nSPS) is 18.4. The Balaban J connectivity index is 1.33. The van der Waals surface area contributed by atoms with Crippen LogP contribution < -0.4 is 15.2 Å². The number of aromatic nitrogens is 1. The van der Waals surface area contributed by atoms with Crippen LogP contribution in [0.1, 0.15) is 31.7 Å². The van der Waals surface area contributed by atoms with Crippen LogP contribution in [0.2, 0.25) is 0 Å². The molecule has 1 aromatic heterocycles. The largest absolute Gasteiger partial charge is 0.444 e. The average molecular weight is 484 g/mol. The van der Waals surface area contributed by atoms with Gasteiger partial charge in [0.25, 0.3) is 0 Å². The number of rotatable bonds is 8. The van der Waals surface area contributed by atoms with E-state index in [1.54, 1.807) is 29.5 Å². The van der Waals surface area contributed by atoms with Gasteiger partial charge in [-0.15, -0.1) is 0 Å². The standard InChI is InChI=1S/C25H30FN5O4/c1-18(32)4-7-21-17-30(25(34)35-21)20-6-8-23(22(26)15-20)29-12-11-28-31(14-13-29)24(33)9-5-19-3-2-10-27-16-19/h2-3,6,8,10,15-16,21,28H,4-5,7,9,11-14,17H2,1H3/t21-/m0/s1. The lowest BCUT2D eigenvalue weighted by Crippen LogP contribution is -2.43. The van der Waals surface area contributed by atoms with Gasteiger partial charge in [-0.1, -0.05) is 6.07 Å². The van der Waals surface area contributed by atoms with Crippen molar-refractivity contribution in [2.75, 3.05) is 42.5 Å². The number of hydrogen-bond donors (Lipinski definition) is 1. The molecular formula is C25H30FN5O4. The van der Waals surface area contributed by atoms with E-state index < -0.39 is 11.9 Å². The average Bonchev–Trinajstić information content (AvgIpc) is 3.06. The molecule has 0 aliphatic carbocycles. The third-order valence-corrected chi connectivity index (χ3v) is 6.21. The van der Waals surface area contributed by atoms with E-state index in [0.717, 1.165) is 5.56 Å². The molecule has 1 N–H and O–H groups in total. The van der Waals surface area contributed by atoms with Crippen molar-refractivity contribution in [1.82, 2.24) is 15.4 Å². The number of Topliss-reactive ketones (excluding diaryl/α,β-unsaturated/α-hetero) is 1. The summed E-state index contributed by atoms with van der Waals surface area (Å²) in [6, 6.07) is 8.47. The summed E-state index contributed by atoms with van der Waals surface area (Å²) >= 11 is 0. The minimum atomic E-state index is -0.537. The first kappa shape index (κ1) is 24.6. The molecule has 0 spiro atoms. The molecule has 2 aliphatic heterocycles. The Morgan fingerprint density at radius 1 is 1.20 bits per heavy atom. The number of ketones is 1. The monoisotopic (exact) mass is 483 g/mol. The quantitative estimate of drug-likeness (QED) is 0.617. The molecule has 1 aromatic carbocycles. The molecule has 2 saturated heterocycles. The number of carbonyl (C=O) groups excluding carboxylic acids is 3. The highest BCUT2D eigenvalue weighted by Gasteiger charge is 2.33. The van der Waals surface area contributed by atoms with Crippen LogP contribution in [-0.4, -0.2) is 66.6 Å². The van der Waals surface area contributed by atoms with E-state index in [0.29, 0.717) is 63.2 Å². The van der Waals surface area contributed by atoms with E-state index in [2.05, 4.69) is 10.4 Å². The van der Waals surface area contributed by atoms with Crippen molar-refractivity contribution in [3.05, 3.63) is 54.1 Å². The fourth-order valence-corrected chi connectivity index (χ4v) is 4.28. The number of aryl methyl sites for hydroxylation is 1. The van der Waals surface area contributed by atoms with E-state index in [1.165, 1.54) is 17.9 Å². The summed E-state index contributed by atoms with van der Waals surface area (Å²) in [4.78, 5) is 43.5. The number of ether oxygens (including phenoxy) is 1. The predicted octanol–water partition coefficient (Wildman–Crippen LogP) is 2.70. The van der Waals surface area contributed by atoms with Crippen LogP contribution in [0, 0.1) is 5.82 Å². The molecule has 2 aliphatic rings. The maximum absolute atomic E-state index is 15.1. The van der Waals surface area contributed by atoms with Gasteiger partial charge >= 0.3 is 6.09 Å². The first-order valence-corrected chi connectivity index (χ1v) is 11.9. The first-order valence-electron chi connectivity index (χ1n) is 11.9. The summed E-state index contributed by atoms with van der Waals surface area (Å²) in [6.07, 6.45) is 4.30. The number of amides is 2. The van der Waals surface area contributed by atoms with Crippen molar-refractivity contribution in [3.63, 3.8) is 0 Å². The van der Waals surface area contributed by atoms with Gasteiger partial charge in [0.2, 0.25) is 5.91 Å². The molecular weight excluding hydrogens is 453 g/mol. The third-order valence-electron chi connectivity index (χ3n) is 6.21. The number of cyclic esters (lactones) is 1. The number of nitrogens with one attached hydrogen (secondary N) is 1. The minimum Gasteiger partial charge on any atom is -0.444 e. The summed E-state index contributed by atoms with van der Waals surface area (Å²) in [5.41, 5.74) is 4.98. The van der Waals surface area contributed by atoms with Crippen molar-refractivity contribution < 1.29 is 23.5 Å². The zero-order chi connectivity index (χ0) is 24.8. The Hall–Kier alpha value is -3.53. The van der Waals surface area contributed by atoms with Crippen LogP contribution in [-0.2, 0) is 20.7 Å². The highest BCUT2D eigenvalue weighted by molar-refractivity contribution is 5.90. The van der Waals surface area contributed by atoms with Gasteiger partial charge in [0.15, 0.2) is 0 Å². The van der Waals surface area contributed by atoms with E-state index in [4.69, 9.17) is 4.74 Å². The number of hydrogen-bond acceptors (Lipinski definition) is 7. The lowest BCUT2D eigenvalue weighted by atomic mass is 10.1. The predicted molar refractivity (Wildman–Crippen MR) is 128 cm³/mol. The maximum atomic E-state index is 15.1. The number of benzene rings is 1. The summed E-state index contributed by atoms with van der Waals surface area (Å²) < 4.78 is 20.4. The highest BCUT2D eigenvalue weighted by atomic mass is 19.1. The number of carbonyl (C=O) groups is 3. The smallest absolute Gasteiger partial charge is 0.414 e. The molecule has 186 valence electrons. The Bertz CT molecular complexity index is 1070. The van der Waals surface area contributed by atoms with Gasteiger partial charge in [0, 0.05) is 44.9 Å². The molecule has 0 saturated carbocycles. The summed E-state index contributed by atoms with van der Waals surface area (Å²) in [5.74, 6) is -0.423. The van der Waals surface area contributed by atoms with Gasteiger partial charge in [0.05, 0.1) is 24.5 Å². The number of halogens is 1. The first-order chi connectivity index (χ1) is 16.9. The van der Waals surface area contributed by atoms with Crippen molar-refractivity contribution >= 4 is 29.2 Å². The fourth-order valence-electron chi connectivity index (χ4n) is 4.28. The van der Waals surface area contributed by atoms with Gasteiger partial charge < -0.3 is 14.4 Å². The Morgan fingerprint density at radius 3 is 2.80 bits per heavy atom. The van der Waals surface area contributed by atoms with Crippen molar-refractivity contribution in [1.29, 1.82) is 0 Å². The SMILES string of the molecule is CC(=O)CC[C@H]1CN(c2ccc(N3CCNN(C(=O)CCc4cccnc4)CC3)c(F)c2)C(=O)O1. The molecule has 0 radical (unpaired) electrons. The topological polar surface area (TPSA) is 95.1 Å². The van der Waals surface area contributed by atoms with Crippen molar-refractivity contribution in [2.45, 2.75) is 38.7 Å². The number of anilines is 2. The zero-order valence-corrected chi connectivity index (χ0v) is 19.8. The van der Waals surface area contributed by atoms with Gasteiger partial charge in [-0.2, -0.15) is 0 Å². The lowest BCUT2D eigenvalue weighted by Gasteiger charge is -2.24. The highest BCUT2D eigenvalue weighted by Crippen LogP contribution is 2.29. The zero-order valence-electron chi connectivity index (χ0n) is 19.8. The van der Waals surface area contributed by atoms with E-state index in [-0.39, 0.29) is 24.3 Å². The molecule has 1 atom stereocenters. The van der Waals surface area contributed by atoms with Crippen molar-refractivity contribution in [3.8, 4) is 0 Å². The lowest BCUT2D eigenvalue weighted by molar-refractivity contribution is -0.133. The van der Waals surface area contributed by atoms with Crippen LogP contribution >= 0.6 is 0 Å². The molecule has 10 heteroatoms. The molecule has 2 amide bonds. The molecule has 35 heavy (non-hydrogen) atoms. The van der Waals surface area contributed by atoms with Crippen molar-refractivity contribution in [2.24, 2.45) is 0 Å². The fraction of sp³-hybridized carbons (Fsp3) is 0.440. The molecule has 4 rings (SSSR count). The molecule has 0 unspecified atom stereocenters. The summed E-state index contributed by atoms with van der Waals surface area (Å²) in [6.45, 7) is 3.70. The second-order valence-electron chi connectivity index (χ2n) is 8.79. The van der Waals surface area contributed by atoms with Crippen LogP contribution in [0.25, 0.3) is 0 Å². The van der Waals surface area contributed by atoms with Gasteiger partial charge in [0.1, 0.15) is 17.7 Å².